The predicted molar refractivity (Wildman–Crippen MR) is 59.9 cm³/mol. The molecular formula is C11H16ClN. The Balaban J connectivity index is 0.000000845. The highest BCUT2D eigenvalue weighted by atomic mass is 35.5. The third kappa shape index (κ3) is 1.97. The summed E-state index contributed by atoms with van der Waals surface area (Å²) in [6.45, 7) is 0. The molecule has 72 valence electrons. The number of hydrogen-bond donors (Lipinski definition) is 1. The fourth-order valence-corrected chi connectivity index (χ4v) is 2.02. The molecule has 0 bridgehead atoms. The van der Waals surface area contributed by atoms with Gasteiger partial charge < -0.3 is 5.32 Å². The molecule has 0 unspecified atom stereocenters. The Bertz CT molecular complexity index is 269. The molecule has 2 heteroatoms. The Morgan fingerprint density at radius 2 is 1.92 bits per heavy atom. The maximum absolute atomic E-state index is 3.26. The van der Waals surface area contributed by atoms with E-state index in [1.807, 2.05) is 7.05 Å². The summed E-state index contributed by atoms with van der Waals surface area (Å²) >= 11 is 0. The summed E-state index contributed by atoms with van der Waals surface area (Å²) in [4.78, 5) is 0. The first-order valence-electron chi connectivity index (χ1n) is 4.70. The lowest BCUT2D eigenvalue weighted by atomic mass is 9.90. The first-order chi connectivity index (χ1) is 5.92. The normalized spacial score (nSPS) is 14.2. The minimum Gasteiger partial charge on any atom is -0.388 e. The molecule has 1 aliphatic carbocycles. The Kier molecular flexibility index (Phi) is 3.61. The van der Waals surface area contributed by atoms with Crippen LogP contribution in [0.1, 0.15) is 24.0 Å². The van der Waals surface area contributed by atoms with E-state index in [2.05, 4.69) is 23.5 Å². The Labute approximate surface area is 86.0 Å². The number of rotatable bonds is 1. The van der Waals surface area contributed by atoms with Crippen molar-refractivity contribution in [3.63, 3.8) is 0 Å². The molecule has 1 aromatic carbocycles. The van der Waals surface area contributed by atoms with Gasteiger partial charge in [0.1, 0.15) is 0 Å². The smallest absolute Gasteiger partial charge is 0.0372 e. The Morgan fingerprint density at radius 1 is 1.15 bits per heavy atom. The first-order valence-corrected chi connectivity index (χ1v) is 4.70. The molecule has 0 spiro atoms. The molecule has 0 saturated heterocycles. The van der Waals surface area contributed by atoms with Crippen molar-refractivity contribution >= 4 is 18.1 Å². The average Bonchev–Trinajstić information content (AvgIpc) is 2.17. The molecule has 0 heterocycles. The van der Waals surface area contributed by atoms with Gasteiger partial charge in [-0.05, 0) is 42.9 Å². The lowest BCUT2D eigenvalue weighted by molar-refractivity contribution is 0.687. The molecule has 0 aromatic heterocycles. The van der Waals surface area contributed by atoms with Crippen LogP contribution in [0.2, 0.25) is 0 Å². The van der Waals surface area contributed by atoms with E-state index < -0.39 is 0 Å². The highest BCUT2D eigenvalue weighted by molar-refractivity contribution is 5.85. The van der Waals surface area contributed by atoms with Gasteiger partial charge in [0.15, 0.2) is 0 Å². The summed E-state index contributed by atoms with van der Waals surface area (Å²) in [6.07, 6.45) is 5.24. The van der Waals surface area contributed by atoms with Gasteiger partial charge in [0.2, 0.25) is 0 Å². The summed E-state index contributed by atoms with van der Waals surface area (Å²) in [5.74, 6) is 0. The number of hydrogen-bond acceptors (Lipinski definition) is 1. The van der Waals surface area contributed by atoms with Gasteiger partial charge >= 0.3 is 0 Å². The average molecular weight is 198 g/mol. The van der Waals surface area contributed by atoms with Gasteiger partial charge in [-0.15, -0.1) is 12.4 Å². The summed E-state index contributed by atoms with van der Waals surface area (Å²) in [5, 5.41) is 3.26. The van der Waals surface area contributed by atoms with Crippen molar-refractivity contribution in [2.45, 2.75) is 25.7 Å². The number of nitrogens with one attached hydrogen (secondary N) is 1. The van der Waals surface area contributed by atoms with E-state index in [-0.39, 0.29) is 12.4 Å². The van der Waals surface area contributed by atoms with E-state index in [9.17, 15) is 0 Å². The van der Waals surface area contributed by atoms with E-state index in [4.69, 9.17) is 0 Å². The van der Waals surface area contributed by atoms with E-state index in [1.165, 1.54) is 31.4 Å². The van der Waals surface area contributed by atoms with E-state index in [1.54, 1.807) is 11.1 Å². The Morgan fingerprint density at radius 3 is 2.69 bits per heavy atom. The number of halogens is 1. The van der Waals surface area contributed by atoms with Crippen LogP contribution in [-0.2, 0) is 12.8 Å². The molecule has 1 nitrogen and oxygen atoms in total. The molecule has 0 aliphatic heterocycles. The van der Waals surface area contributed by atoms with Crippen LogP contribution in [0, 0.1) is 0 Å². The fourth-order valence-electron chi connectivity index (χ4n) is 2.02. The SMILES string of the molecule is CNc1cccc2c1CCCC2.Cl. The lowest BCUT2D eigenvalue weighted by Crippen LogP contribution is -2.05. The monoisotopic (exact) mass is 197 g/mol. The molecule has 0 amide bonds. The molecule has 0 radical (unpaired) electrons. The summed E-state index contributed by atoms with van der Waals surface area (Å²) < 4.78 is 0. The van der Waals surface area contributed by atoms with E-state index >= 15 is 0 Å². The summed E-state index contributed by atoms with van der Waals surface area (Å²) in [6, 6.07) is 6.58. The van der Waals surface area contributed by atoms with Gasteiger partial charge in [-0.25, -0.2) is 0 Å². The molecule has 0 atom stereocenters. The van der Waals surface area contributed by atoms with Crippen LogP contribution in [0.3, 0.4) is 0 Å². The molecule has 13 heavy (non-hydrogen) atoms. The van der Waals surface area contributed by atoms with Crippen molar-refractivity contribution < 1.29 is 0 Å². The molecule has 2 rings (SSSR count). The standard InChI is InChI=1S/C11H15N.ClH/c1-12-11-8-4-6-9-5-2-3-7-10(9)11;/h4,6,8,12H,2-3,5,7H2,1H3;1H. The van der Waals surface area contributed by atoms with Crippen molar-refractivity contribution in [1.29, 1.82) is 0 Å². The van der Waals surface area contributed by atoms with Crippen molar-refractivity contribution in [3.8, 4) is 0 Å². The molecule has 1 N–H and O–H groups in total. The quantitative estimate of drug-likeness (QED) is 0.730. The van der Waals surface area contributed by atoms with Crippen LogP contribution < -0.4 is 5.32 Å². The van der Waals surface area contributed by atoms with Gasteiger partial charge in [0, 0.05) is 12.7 Å². The molecule has 1 aliphatic rings. The molecule has 0 saturated carbocycles. The second-order valence-corrected chi connectivity index (χ2v) is 3.40. The highest BCUT2D eigenvalue weighted by Crippen LogP contribution is 2.27. The zero-order chi connectivity index (χ0) is 8.39. The van der Waals surface area contributed by atoms with E-state index in [0.717, 1.165) is 0 Å². The molecule has 1 aromatic rings. The summed E-state index contributed by atoms with van der Waals surface area (Å²) in [7, 11) is 2.00. The molecular weight excluding hydrogens is 182 g/mol. The second-order valence-electron chi connectivity index (χ2n) is 3.40. The van der Waals surface area contributed by atoms with Gasteiger partial charge in [0.25, 0.3) is 0 Å². The molecule has 0 fully saturated rings. The summed E-state index contributed by atoms with van der Waals surface area (Å²) in [5.41, 5.74) is 4.42. The van der Waals surface area contributed by atoms with Crippen molar-refractivity contribution in [2.75, 3.05) is 12.4 Å². The largest absolute Gasteiger partial charge is 0.388 e. The van der Waals surface area contributed by atoms with Crippen LogP contribution in [-0.4, -0.2) is 7.05 Å². The third-order valence-electron chi connectivity index (χ3n) is 2.67. The maximum Gasteiger partial charge on any atom is 0.0372 e. The Hall–Kier alpha value is -0.690. The lowest BCUT2D eigenvalue weighted by Gasteiger charge is -2.18. The van der Waals surface area contributed by atoms with E-state index in [0.29, 0.717) is 0 Å². The third-order valence-corrected chi connectivity index (χ3v) is 2.67. The zero-order valence-electron chi connectivity index (χ0n) is 7.97. The van der Waals surface area contributed by atoms with Gasteiger partial charge in [0.05, 0.1) is 0 Å². The van der Waals surface area contributed by atoms with Gasteiger partial charge in [-0.2, -0.15) is 0 Å². The van der Waals surface area contributed by atoms with Crippen LogP contribution in [0.25, 0.3) is 0 Å². The minimum atomic E-state index is 0. The van der Waals surface area contributed by atoms with Gasteiger partial charge in [-0.3, -0.25) is 0 Å². The number of aryl methyl sites for hydroxylation is 1. The van der Waals surface area contributed by atoms with Crippen molar-refractivity contribution in [2.24, 2.45) is 0 Å². The topological polar surface area (TPSA) is 12.0 Å². The highest BCUT2D eigenvalue weighted by Gasteiger charge is 2.11. The van der Waals surface area contributed by atoms with Crippen molar-refractivity contribution in [1.82, 2.24) is 0 Å². The maximum atomic E-state index is 3.26. The zero-order valence-corrected chi connectivity index (χ0v) is 8.79. The predicted octanol–water partition coefficient (Wildman–Crippen LogP) is 3.03. The van der Waals surface area contributed by atoms with Crippen molar-refractivity contribution in [3.05, 3.63) is 29.3 Å². The number of fused-ring (bicyclic) bond motifs is 1. The first kappa shape index (κ1) is 10.4. The van der Waals surface area contributed by atoms with Crippen LogP contribution >= 0.6 is 12.4 Å². The number of benzene rings is 1. The number of anilines is 1. The van der Waals surface area contributed by atoms with Gasteiger partial charge in [-0.1, -0.05) is 12.1 Å². The van der Waals surface area contributed by atoms with Crippen LogP contribution in [0.4, 0.5) is 5.69 Å². The minimum absolute atomic E-state index is 0. The van der Waals surface area contributed by atoms with Crippen LogP contribution in [0.5, 0.6) is 0 Å². The van der Waals surface area contributed by atoms with Crippen LogP contribution in [0.15, 0.2) is 18.2 Å². The fraction of sp³-hybridized carbons (Fsp3) is 0.455. The second kappa shape index (κ2) is 4.52.